The van der Waals surface area contributed by atoms with E-state index >= 15 is 0 Å². The summed E-state index contributed by atoms with van der Waals surface area (Å²) in [6.45, 7) is 2.26. The van der Waals surface area contributed by atoms with E-state index in [0.29, 0.717) is 19.0 Å². The highest BCUT2D eigenvalue weighted by Gasteiger charge is 2.61. The number of piperidine rings is 1. The molecule has 2 rings (SSSR count). The molecule has 4 N–H and O–H groups in total. The maximum Gasteiger partial charge on any atom is 0.109 e. The van der Waals surface area contributed by atoms with E-state index in [9.17, 15) is 20.4 Å². The molecule has 0 unspecified atom stereocenters. The lowest BCUT2D eigenvalue weighted by Gasteiger charge is -2.64. The van der Waals surface area contributed by atoms with Gasteiger partial charge in [-0.05, 0) is 12.8 Å². The fraction of sp³-hybridized carbons (Fsp3) is 1.00. The van der Waals surface area contributed by atoms with Gasteiger partial charge in [0.2, 0.25) is 0 Å². The van der Waals surface area contributed by atoms with Crippen LogP contribution in [0.3, 0.4) is 0 Å². The lowest BCUT2D eigenvalue weighted by atomic mass is 9.68. The van der Waals surface area contributed by atoms with Crippen molar-refractivity contribution < 1.29 is 20.4 Å². The maximum absolute atomic E-state index is 9.96. The van der Waals surface area contributed by atoms with Crippen LogP contribution < -0.4 is 0 Å². The van der Waals surface area contributed by atoms with Crippen molar-refractivity contribution in [1.29, 1.82) is 0 Å². The van der Waals surface area contributed by atoms with Gasteiger partial charge in [-0.25, -0.2) is 0 Å². The molecule has 5 heteroatoms. The largest absolute Gasteiger partial charge is 0.394 e. The summed E-state index contributed by atoms with van der Waals surface area (Å²) < 4.78 is 0. The van der Waals surface area contributed by atoms with Gasteiger partial charge in [-0.3, -0.25) is 4.90 Å². The van der Waals surface area contributed by atoms with Crippen LogP contribution >= 0.6 is 0 Å². The van der Waals surface area contributed by atoms with Crippen LogP contribution in [0, 0.1) is 0 Å². The van der Waals surface area contributed by atoms with Crippen LogP contribution in [0.5, 0.6) is 0 Å². The summed E-state index contributed by atoms with van der Waals surface area (Å²) in [7, 11) is 0. The normalized spacial score (nSPS) is 48.6. The molecule has 5 nitrogen and oxygen atoms in total. The van der Waals surface area contributed by atoms with Gasteiger partial charge in [-0.2, -0.15) is 0 Å². The monoisotopic (exact) mass is 231 g/mol. The van der Waals surface area contributed by atoms with Crippen molar-refractivity contribution in [3.05, 3.63) is 0 Å². The van der Waals surface area contributed by atoms with Crippen LogP contribution in [0.4, 0.5) is 0 Å². The third-order valence-corrected chi connectivity index (χ3v) is 4.15. The van der Waals surface area contributed by atoms with Crippen LogP contribution in [0.1, 0.15) is 26.2 Å². The lowest BCUT2D eigenvalue weighted by Crippen LogP contribution is -2.80. The number of β-amino-alcohol motifs (C(OH)–C–C–N with tert-alkyl or cyclic N) is 1. The molecular formula is C11H21NO4. The molecule has 0 saturated carbocycles. The van der Waals surface area contributed by atoms with Crippen LogP contribution in [0.15, 0.2) is 0 Å². The van der Waals surface area contributed by atoms with E-state index in [0.717, 1.165) is 12.8 Å². The van der Waals surface area contributed by atoms with E-state index in [4.69, 9.17) is 0 Å². The number of rotatable bonds is 3. The van der Waals surface area contributed by atoms with Gasteiger partial charge in [0.1, 0.15) is 12.2 Å². The first kappa shape index (κ1) is 12.3. The van der Waals surface area contributed by atoms with E-state index in [1.54, 1.807) is 0 Å². The van der Waals surface area contributed by atoms with Gasteiger partial charge in [0.05, 0.1) is 18.2 Å². The van der Waals surface area contributed by atoms with Gasteiger partial charge in [-0.1, -0.05) is 13.3 Å². The van der Waals surface area contributed by atoms with Crippen molar-refractivity contribution in [1.82, 2.24) is 4.90 Å². The van der Waals surface area contributed by atoms with Crippen LogP contribution in [0.2, 0.25) is 0 Å². The third kappa shape index (κ3) is 1.50. The summed E-state index contributed by atoms with van der Waals surface area (Å²) in [5, 5.41) is 38.7. The Labute approximate surface area is 95.3 Å². The first-order valence-corrected chi connectivity index (χ1v) is 5.98. The molecule has 0 bridgehead atoms. The van der Waals surface area contributed by atoms with Gasteiger partial charge >= 0.3 is 0 Å². The Kier molecular flexibility index (Phi) is 3.25. The molecular weight excluding hydrogens is 210 g/mol. The Hall–Kier alpha value is -0.200. The van der Waals surface area contributed by atoms with Crippen molar-refractivity contribution in [3.63, 3.8) is 0 Å². The molecule has 2 heterocycles. The molecule has 2 aliphatic rings. The Morgan fingerprint density at radius 3 is 2.56 bits per heavy atom. The average Bonchev–Trinajstić information content (AvgIpc) is 2.27. The van der Waals surface area contributed by atoms with Crippen molar-refractivity contribution in [2.24, 2.45) is 0 Å². The molecule has 0 aliphatic carbocycles. The molecule has 0 spiro atoms. The molecule has 0 aromatic rings. The maximum atomic E-state index is 9.96. The Morgan fingerprint density at radius 1 is 1.31 bits per heavy atom. The quantitative estimate of drug-likeness (QED) is 0.484. The van der Waals surface area contributed by atoms with Gasteiger partial charge in [-0.15, -0.1) is 0 Å². The zero-order valence-corrected chi connectivity index (χ0v) is 9.58. The average molecular weight is 231 g/mol. The van der Waals surface area contributed by atoms with Crippen molar-refractivity contribution in [2.75, 3.05) is 13.2 Å². The fourth-order valence-electron chi connectivity index (χ4n) is 3.19. The highest BCUT2D eigenvalue weighted by Crippen LogP contribution is 2.45. The summed E-state index contributed by atoms with van der Waals surface area (Å²) in [5.74, 6) is 0. The first-order valence-electron chi connectivity index (χ1n) is 5.98. The Bertz CT molecular complexity index is 262. The number of hydrogen-bond donors (Lipinski definition) is 4. The number of aliphatic hydroxyl groups is 4. The fourth-order valence-corrected chi connectivity index (χ4v) is 3.19. The summed E-state index contributed by atoms with van der Waals surface area (Å²) in [5.41, 5.74) is -0.724. The summed E-state index contributed by atoms with van der Waals surface area (Å²) in [6, 6.07) is 0.314. The van der Waals surface area contributed by atoms with Gasteiger partial charge in [0, 0.05) is 12.6 Å². The second-order valence-corrected chi connectivity index (χ2v) is 5.06. The molecule has 0 radical (unpaired) electrons. The SMILES string of the molecule is CCC[C@@H]1C[C@@]2(CO)[C@@H](O)[C@H](O)[C@@H](O)CN12. The highest BCUT2D eigenvalue weighted by atomic mass is 16.4. The van der Waals surface area contributed by atoms with E-state index < -0.39 is 23.9 Å². The van der Waals surface area contributed by atoms with Gasteiger partial charge in [0.15, 0.2) is 0 Å². The first-order chi connectivity index (χ1) is 7.56. The molecule has 0 aromatic carbocycles. The number of nitrogens with zero attached hydrogens (tertiary/aromatic N) is 1. The minimum atomic E-state index is -1.15. The molecule has 0 aromatic heterocycles. The molecule has 2 aliphatic heterocycles. The predicted octanol–water partition coefficient (Wildman–Crippen LogP) is -1.31. The molecule has 94 valence electrons. The predicted molar refractivity (Wildman–Crippen MR) is 57.9 cm³/mol. The minimum absolute atomic E-state index is 0.168. The summed E-state index contributed by atoms with van der Waals surface area (Å²) >= 11 is 0. The zero-order valence-electron chi connectivity index (χ0n) is 9.58. The van der Waals surface area contributed by atoms with E-state index in [2.05, 4.69) is 6.92 Å². The third-order valence-electron chi connectivity index (χ3n) is 4.15. The number of hydrogen-bond acceptors (Lipinski definition) is 5. The van der Waals surface area contributed by atoms with Gasteiger partial charge in [0.25, 0.3) is 0 Å². The van der Waals surface area contributed by atoms with Crippen molar-refractivity contribution in [3.8, 4) is 0 Å². The number of aliphatic hydroxyl groups excluding tert-OH is 4. The topological polar surface area (TPSA) is 84.2 Å². The highest BCUT2D eigenvalue weighted by molar-refractivity contribution is 5.15. The van der Waals surface area contributed by atoms with E-state index in [-0.39, 0.29) is 6.61 Å². The number of fused-ring (bicyclic) bond motifs is 1. The van der Waals surface area contributed by atoms with E-state index in [1.165, 1.54) is 0 Å². The second-order valence-electron chi connectivity index (χ2n) is 5.06. The molecule has 16 heavy (non-hydrogen) atoms. The van der Waals surface area contributed by atoms with Crippen molar-refractivity contribution >= 4 is 0 Å². The molecule has 5 atom stereocenters. The summed E-state index contributed by atoms with van der Waals surface area (Å²) in [6.07, 6.45) is -0.397. The van der Waals surface area contributed by atoms with Crippen LogP contribution in [0.25, 0.3) is 0 Å². The lowest BCUT2D eigenvalue weighted by molar-refractivity contribution is -0.247. The minimum Gasteiger partial charge on any atom is -0.394 e. The smallest absolute Gasteiger partial charge is 0.109 e. The summed E-state index contributed by atoms with van der Waals surface area (Å²) in [4.78, 5) is 1.96. The second kappa shape index (κ2) is 4.23. The molecule has 2 fully saturated rings. The van der Waals surface area contributed by atoms with Crippen LogP contribution in [-0.2, 0) is 0 Å². The van der Waals surface area contributed by atoms with Crippen molar-refractivity contribution in [2.45, 2.75) is 56.1 Å². The zero-order chi connectivity index (χ0) is 11.9. The van der Waals surface area contributed by atoms with Gasteiger partial charge < -0.3 is 20.4 Å². The Balaban J connectivity index is 2.14. The van der Waals surface area contributed by atoms with Crippen LogP contribution in [-0.4, -0.2) is 68.4 Å². The molecule has 2 saturated heterocycles. The Morgan fingerprint density at radius 2 is 2.00 bits per heavy atom. The van der Waals surface area contributed by atoms with E-state index in [1.807, 2.05) is 4.90 Å². The standard InChI is InChI=1S/C11H21NO4/c1-2-3-7-4-11(6-13)10(16)9(15)8(14)5-12(7)11/h7-10,13-16H,2-6H2,1H3/t7-,8+,9-,10+,11-/m1/s1. The molecule has 0 amide bonds.